The molecule has 0 unspecified atom stereocenters. The lowest BCUT2D eigenvalue weighted by molar-refractivity contribution is 0.415. The Balaban J connectivity index is 0.00000171. The van der Waals surface area contributed by atoms with Crippen LogP contribution in [0.3, 0.4) is 0 Å². The molecule has 0 bridgehead atoms. The molecule has 0 radical (unpaired) electrons. The van der Waals surface area contributed by atoms with Crippen LogP contribution in [0, 0.1) is 12.7 Å². The van der Waals surface area contributed by atoms with E-state index in [9.17, 15) is 4.39 Å². The van der Waals surface area contributed by atoms with Gasteiger partial charge in [-0.2, -0.15) is 5.10 Å². The highest BCUT2D eigenvalue weighted by Gasteiger charge is 2.26. The number of anilines is 1. The van der Waals surface area contributed by atoms with E-state index in [2.05, 4.69) is 20.1 Å². The maximum atomic E-state index is 14.3. The highest BCUT2D eigenvalue weighted by Crippen LogP contribution is 2.43. The zero-order valence-corrected chi connectivity index (χ0v) is 21.7. The van der Waals surface area contributed by atoms with Gasteiger partial charge in [0.1, 0.15) is 17.3 Å². The van der Waals surface area contributed by atoms with Gasteiger partial charge in [0, 0.05) is 36.1 Å². The van der Waals surface area contributed by atoms with Gasteiger partial charge in [0.05, 0.1) is 35.2 Å². The maximum Gasteiger partial charge on any atom is 0.135 e. The first-order valence-electron chi connectivity index (χ1n) is 10.9. The molecule has 186 valence electrons. The number of aromatic amines is 1. The summed E-state index contributed by atoms with van der Waals surface area (Å²) in [5.74, 6) is 0.443. The van der Waals surface area contributed by atoms with Gasteiger partial charge >= 0.3 is 0 Å². The summed E-state index contributed by atoms with van der Waals surface area (Å²) in [4.78, 5) is 5.66. The van der Waals surface area contributed by atoms with Crippen LogP contribution in [0.15, 0.2) is 42.6 Å². The Hall–Kier alpha value is -2.58. The number of aromatic nitrogens is 3. The van der Waals surface area contributed by atoms with Gasteiger partial charge in [-0.25, -0.2) is 4.39 Å². The van der Waals surface area contributed by atoms with Crippen LogP contribution in [-0.2, 0) is 0 Å². The SMILES string of the molecule is COc1ccc2c(Cl)c(-c3nncc(-c4cc(C)cc(F)c4)c3N3CCC(N)CC3)[nH]c2c1.Cl.Cl. The number of nitrogens with zero attached hydrogens (tertiary/aromatic N) is 3. The number of ether oxygens (including phenoxy) is 1. The zero-order chi connectivity index (χ0) is 23.1. The number of methoxy groups -OCH3 is 1. The topological polar surface area (TPSA) is 80.1 Å². The Morgan fingerprint density at radius 2 is 1.89 bits per heavy atom. The highest BCUT2D eigenvalue weighted by molar-refractivity contribution is 6.38. The van der Waals surface area contributed by atoms with Gasteiger partial charge in [-0.1, -0.05) is 17.7 Å². The molecule has 3 N–H and O–H groups in total. The van der Waals surface area contributed by atoms with Gasteiger partial charge in [-0.15, -0.1) is 29.9 Å². The summed E-state index contributed by atoms with van der Waals surface area (Å²) in [6, 6.07) is 10.9. The number of benzene rings is 2. The van der Waals surface area contributed by atoms with Crippen molar-refractivity contribution in [2.45, 2.75) is 25.8 Å². The molecular weight excluding hydrogens is 512 g/mol. The predicted molar refractivity (Wildman–Crippen MR) is 145 cm³/mol. The number of piperidine rings is 1. The highest BCUT2D eigenvalue weighted by atomic mass is 35.5. The van der Waals surface area contributed by atoms with Crippen LogP contribution in [0.5, 0.6) is 5.75 Å². The van der Waals surface area contributed by atoms with Gasteiger partial charge in [0.2, 0.25) is 0 Å². The number of hydrogen-bond donors (Lipinski definition) is 2. The van der Waals surface area contributed by atoms with Gasteiger partial charge < -0.3 is 20.4 Å². The van der Waals surface area contributed by atoms with Crippen molar-refractivity contribution in [1.82, 2.24) is 15.2 Å². The standard InChI is InChI=1S/C25H25ClFN5O.2ClH/c1-14-9-15(11-16(27)10-14)20-13-29-31-24(25(20)32-7-5-17(28)6-8-32)23-22(26)19-4-3-18(33-2)12-21(19)30-23;;/h3-4,9-13,17,30H,5-8,28H2,1-2H3;2*1H. The fraction of sp³-hybridized carbons (Fsp3) is 0.280. The molecule has 5 rings (SSSR count). The molecule has 4 aromatic rings. The number of fused-ring (bicyclic) bond motifs is 1. The maximum absolute atomic E-state index is 14.3. The van der Waals surface area contributed by atoms with Crippen LogP contribution in [0.1, 0.15) is 18.4 Å². The van der Waals surface area contributed by atoms with Crippen LogP contribution in [0.4, 0.5) is 10.1 Å². The third kappa shape index (κ3) is 5.19. The van der Waals surface area contributed by atoms with Crippen molar-refractivity contribution in [2.75, 3.05) is 25.1 Å². The Bertz CT molecular complexity index is 1320. The molecule has 0 amide bonds. The molecule has 3 heterocycles. The average Bonchev–Trinajstić information content (AvgIpc) is 3.14. The largest absolute Gasteiger partial charge is 0.497 e. The van der Waals surface area contributed by atoms with Gasteiger partial charge in [0.25, 0.3) is 0 Å². The lowest BCUT2D eigenvalue weighted by Crippen LogP contribution is -2.40. The summed E-state index contributed by atoms with van der Waals surface area (Å²) < 4.78 is 19.7. The monoisotopic (exact) mass is 537 g/mol. The third-order valence-corrected chi connectivity index (χ3v) is 6.60. The number of halogens is 4. The van der Waals surface area contributed by atoms with Gasteiger partial charge in [-0.05, 0) is 55.2 Å². The van der Waals surface area contributed by atoms with Crippen molar-refractivity contribution in [3.63, 3.8) is 0 Å². The van der Waals surface area contributed by atoms with Crippen LogP contribution in [-0.4, -0.2) is 41.4 Å². The minimum absolute atomic E-state index is 0. The lowest BCUT2D eigenvalue weighted by Gasteiger charge is -2.34. The summed E-state index contributed by atoms with van der Waals surface area (Å²) in [6.45, 7) is 3.42. The van der Waals surface area contributed by atoms with E-state index in [0.717, 1.165) is 65.0 Å². The van der Waals surface area contributed by atoms with E-state index in [4.69, 9.17) is 22.1 Å². The van der Waals surface area contributed by atoms with E-state index in [1.807, 2.05) is 31.2 Å². The van der Waals surface area contributed by atoms with Crippen LogP contribution in [0.25, 0.3) is 33.4 Å². The molecule has 2 aromatic heterocycles. The molecule has 1 aliphatic rings. The third-order valence-electron chi connectivity index (χ3n) is 6.21. The summed E-state index contributed by atoms with van der Waals surface area (Å²) in [6.07, 6.45) is 3.42. The molecule has 0 saturated carbocycles. The van der Waals surface area contributed by atoms with Crippen LogP contribution >= 0.6 is 36.4 Å². The minimum atomic E-state index is -0.286. The smallest absolute Gasteiger partial charge is 0.135 e. The van der Waals surface area contributed by atoms with Crippen LogP contribution < -0.4 is 15.4 Å². The van der Waals surface area contributed by atoms with Crippen molar-refractivity contribution in [1.29, 1.82) is 0 Å². The fourth-order valence-electron chi connectivity index (χ4n) is 4.53. The zero-order valence-electron chi connectivity index (χ0n) is 19.3. The van der Waals surface area contributed by atoms with E-state index >= 15 is 0 Å². The second-order valence-electron chi connectivity index (χ2n) is 8.52. The van der Waals surface area contributed by atoms with E-state index in [1.54, 1.807) is 13.3 Å². The Labute approximate surface area is 220 Å². The number of H-pyrrole nitrogens is 1. The number of nitrogens with one attached hydrogen (secondary N) is 1. The van der Waals surface area contributed by atoms with Gasteiger partial charge in [0.15, 0.2) is 0 Å². The number of rotatable bonds is 4. The summed E-state index contributed by atoms with van der Waals surface area (Å²) >= 11 is 6.83. The molecule has 1 fully saturated rings. The second-order valence-corrected chi connectivity index (χ2v) is 8.90. The Kier molecular flexibility index (Phi) is 8.49. The first-order chi connectivity index (χ1) is 15.9. The molecule has 0 spiro atoms. The number of nitrogens with two attached hydrogens (primary N) is 1. The quantitative estimate of drug-likeness (QED) is 0.325. The molecule has 1 saturated heterocycles. The average molecular weight is 539 g/mol. The molecule has 2 aromatic carbocycles. The molecule has 6 nitrogen and oxygen atoms in total. The molecule has 1 aliphatic heterocycles. The number of aryl methyl sites for hydroxylation is 1. The minimum Gasteiger partial charge on any atom is -0.497 e. The van der Waals surface area contributed by atoms with Crippen LogP contribution in [0.2, 0.25) is 5.02 Å². The molecule has 35 heavy (non-hydrogen) atoms. The number of hydrogen-bond acceptors (Lipinski definition) is 5. The summed E-state index contributed by atoms with van der Waals surface area (Å²) in [5, 5.41) is 10.2. The van der Waals surface area contributed by atoms with E-state index in [1.165, 1.54) is 12.1 Å². The molecular formula is C25H27Cl3FN5O. The first-order valence-corrected chi connectivity index (χ1v) is 11.3. The van der Waals surface area contributed by atoms with Crippen molar-refractivity contribution in [3.05, 3.63) is 59.0 Å². The van der Waals surface area contributed by atoms with E-state index in [-0.39, 0.29) is 36.7 Å². The summed E-state index contributed by atoms with van der Waals surface area (Å²) in [7, 11) is 1.63. The Morgan fingerprint density at radius 3 is 2.57 bits per heavy atom. The van der Waals surface area contributed by atoms with Crippen molar-refractivity contribution < 1.29 is 9.13 Å². The second kappa shape index (κ2) is 11.0. The molecule has 0 atom stereocenters. The summed E-state index contributed by atoms with van der Waals surface area (Å²) in [5.41, 5.74) is 11.6. The normalized spacial score (nSPS) is 13.9. The molecule has 0 aliphatic carbocycles. The van der Waals surface area contributed by atoms with E-state index < -0.39 is 0 Å². The lowest BCUT2D eigenvalue weighted by atomic mass is 9.98. The van der Waals surface area contributed by atoms with Crippen molar-refractivity contribution in [3.8, 4) is 28.3 Å². The van der Waals surface area contributed by atoms with Gasteiger partial charge in [-0.3, -0.25) is 0 Å². The van der Waals surface area contributed by atoms with Crippen molar-refractivity contribution >= 4 is 53.0 Å². The Morgan fingerprint density at radius 1 is 1.14 bits per heavy atom. The van der Waals surface area contributed by atoms with Crippen molar-refractivity contribution in [2.24, 2.45) is 5.73 Å². The molecule has 10 heteroatoms. The fourth-order valence-corrected chi connectivity index (χ4v) is 4.83. The predicted octanol–water partition coefficient (Wildman–Crippen LogP) is 6.17. The van der Waals surface area contributed by atoms with E-state index in [0.29, 0.717) is 16.4 Å². The first kappa shape index (κ1) is 27.0.